The van der Waals surface area contributed by atoms with Crippen LogP contribution in [0.4, 0.5) is 5.69 Å². The van der Waals surface area contributed by atoms with E-state index >= 15 is 0 Å². The van der Waals surface area contributed by atoms with Gasteiger partial charge < -0.3 is 16.0 Å². The normalized spacial score (nSPS) is 16.8. The summed E-state index contributed by atoms with van der Waals surface area (Å²) in [6, 6.07) is 7.46. The fourth-order valence-corrected chi connectivity index (χ4v) is 2.53. The third kappa shape index (κ3) is 6.00. The number of nitrogens with one attached hydrogen (secondary N) is 1. The molecule has 1 heterocycles. The van der Waals surface area contributed by atoms with E-state index < -0.39 is 0 Å². The van der Waals surface area contributed by atoms with Gasteiger partial charge in [0.25, 0.3) is 0 Å². The summed E-state index contributed by atoms with van der Waals surface area (Å²) in [5.74, 6) is -0.0401. The largest absolute Gasteiger partial charge is 0.399 e. The van der Waals surface area contributed by atoms with Crippen molar-refractivity contribution in [2.24, 2.45) is 0 Å². The number of rotatable bonds is 5. The molecule has 1 amide bonds. The van der Waals surface area contributed by atoms with E-state index in [1.807, 2.05) is 24.3 Å². The van der Waals surface area contributed by atoms with Gasteiger partial charge in [0.1, 0.15) is 0 Å². The van der Waals surface area contributed by atoms with Crippen molar-refractivity contribution in [2.45, 2.75) is 25.7 Å². The van der Waals surface area contributed by atoms with E-state index in [4.69, 9.17) is 5.73 Å². The molecule has 4 heteroatoms. The highest BCUT2D eigenvalue weighted by atomic mass is 16.1. The minimum absolute atomic E-state index is 0.0401. The third-order valence-corrected chi connectivity index (χ3v) is 3.79. The number of nitrogens with zero attached hydrogens (tertiary/aromatic N) is 1. The molecule has 3 N–H and O–H groups in total. The van der Waals surface area contributed by atoms with E-state index in [-0.39, 0.29) is 5.91 Å². The lowest BCUT2D eigenvalue weighted by molar-refractivity contribution is -0.116. The van der Waals surface area contributed by atoms with Crippen molar-refractivity contribution >= 4 is 17.7 Å². The third-order valence-electron chi connectivity index (χ3n) is 3.79. The van der Waals surface area contributed by atoms with Crippen molar-refractivity contribution < 1.29 is 4.79 Å². The summed E-state index contributed by atoms with van der Waals surface area (Å²) in [5, 5.41) is 2.94. The van der Waals surface area contributed by atoms with Crippen LogP contribution in [0.15, 0.2) is 30.3 Å². The Bertz CT molecular complexity index is 459. The molecule has 2 rings (SSSR count). The van der Waals surface area contributed by atoms with Gasteiger partial charge in [0, 0.05) is 24.9 Å². The highest BCUT2D eigenvalue weighted by molar-refractivity contribution is 5.91. The van der Waals surface area contributed by atoms with Crippen molar-refractivity contribution in [2.75, 3.05) is 31.9 Å². The minimum Gasteiger partial charge on any atom is -0.399 e. The van der Waals surface area contributed by atoms with Crippen LogP contribution in [0.25, 0.3) is 6.08 Å². The van der Waals surface area contributed by atoms with E-state index in [9.17, 15) is 4.79 Å². The Labute approximate surface area is 127 Å². The number of anilines is 1. The summed E-state index contributed by atoms with van der Waals surface area (Å²) < 4.78 is 0. The molecule has 114 valence electrons. The molecular weight excluding hydrogens is 262 g/mol. The summed E-state index contributed by atoms with van der Waals surface area (Å²) in [6.45, 7) is 3.99. The SMILES string of the molecule is Nc1ccc(/C=C/C(=O)NCCN2CCCCCC2)cc1. The number of carbonyl (C=O) groups is 1. The molecule has 4 nitrogen and oxygen atoms in total. The molecular formula is C17H25N3O. The van der Waals surface area contributed by atoms with Crippen LogP contribution in [0.1, 0.15) is 31.2 Å². The Morgan fingerprint density at radius 1 is 1.14 bits per heavy atom. The maximum absolute atomic E-state index is 11.8. The van der Waals surface area contributed by atoms with Gasteiger partial charge in [-0.1, -0.05) is 25.0 Å². The lowest BCUT2D eigenvalue weighted by Crippen LogP contribution is -2.34. The first-order valence-corrected chi connectivity index (χ1v) is 7.78. The smallest absolute Gasteiger partial charge is 0.244 e. The lowest BCUT2D eigenvalue weighted by Gasteiger charge is -2.19. The quantitative estimate of drug-likeness (QED) is 0.645. The first-order valence-electron chi connectivity index (χ1n) is 7.78. The maximum atomic E-state index is 11.8. The molecule has 1 aromatic rings. The van der Waals surface area contributed by atoms with E-state index in [0.29, 0.717) is 6.54 Å². The average molecular weight is 287 g/mol. The Morgan fingerprint density at radius 2 is 1.81 bits per heavy atom. The maximum Gasteiger partial charge on any atom is 0.244 e. The fourth-order valence-electron chi connectivity index (χ4n) is 2.53. The first kappa shape index (κ1) is 15.6. The van der Waals surface area contributed by atoms with Crippen LogP contribution in [-0.4, -0.2) is 37.0 Å². The molecule has 1 aliphatic heterocycles. The van der Waals surface area contributed by atoms with Crippen molar-refractivity contribution in [1.82, 2.24) is 10.2 Å². The summed E-state index contributed by atoms with van der Waals surface area (Å²) in [6.07, 6.45) is 8.63. The molecule has 0 aromatic heterocycles. The zero-order valence-corrected chi connectivity index (χ0v) is 12.6. The van der Waals surface area contributed by atoms with E-state index in [2.05, 4.69) is 10.2 Å². The Kier molecular flexibility index (Phi) is 6.28. The first-order chi connectivity index (χ1) is 10.2. The second-order valence-corrected chi connectivity index (χ2v) is 5.55. The minimum atomic E-state index is -0.0401. The van der Waals surface area contributed by atoms with E-state index in [1.165, 1.54) is 25.7 Å². The number of likely N-dealkylation sites (tertiary alicyclic amines) is 1. The molecule has 0 radical (unpaired) electrons. The summed E-state index contributed by atoms with van der Waals surface area (Å²) in [4.78, 5) is 14.2. The zero-order chi connectivity index (χ0) is 14.9. The standard InChI is InChI=1S/C17H25N3O/c18-16-8-5-15(6-9-16)7-10-17(21)19-11-14-20-12-3-1-2-4-13-20/h5-10H,1-4,11-14,18H2,(H,19,21)/b10-7+. The molecule has 1 fully saturated rings. The second-order valence-electron chi connectivity index (χ2n) is 5.55. The van der Waals surface area contributed by atoms with Gasteiger partial charge >= 0.3 is 0 Å². The van der Waals surface area contributed by atoms with Gasteiger partial charge in [-0.05, 0) is 49.7 Å². The number of hydrogen-bond acceptors (Lipinski definition) is 3. The highest BCUT2D eigenvalue weighted by Gasteiger charge is 2.08. The molecule has 0 unspecified atom stereocenters. The highest BCUT2D eigenvalue weighted by Crippen LogP contribution is 2.09. The molecule has 1 saturated heterocycles. The van der Waals surface area contributed by atoms with Crippen molar-refractivity contribution in [3.05, 3.63) is 35.9 Å². The summed E-state index contributed by atoms with van der Waals surface area (Å²) in [7, 11) is 0. The van der Waals surface area contributed by atoms with Gasteiger partial charge in [-0.2, -0.15) is 0 Å². The summed E-state index contributed by atoms with van der Waals surface area (Å²) in [5.41, 5.74) is 7.33. The second kappa shape index (κ2) is 8.47. The van der Waals surface area contributed by atoms with Gasteiger partial charge in [0.15, 0.2) is 0 Å². The number of hydrogen-bond donors (Lipinski definition) is 2. The van der Waals surface area contributed by atoms with Gasteiger partial charge in [0.2, 0.25) is 5.91 Å². The molecule has 0 saturated carbocycles. The molecule has 1 aromatic carbocycles. The molecule has 0 bridgehead atoms. The van der Waals surface area contributed by atoms with Gasteiger partial charge in [-0.3, -0.25) is 4.79 Å². The Morgan fingerprint density at radius 3 is 2.48 bits per heavy atom. The van der Waals surface area contributed by atoms with Crippen LogP contribution in [0.5, 0.6) is 0 Å². The van der Waals surface area contributed by atoms with Gasteiger partial charge in [0.05, 0.1) is 0 Å². The fraction of sp³-hybridized carbons (Fsp3) is 0.471. The average Bonchev–Trinajstić information content (AvgIpc) is 2.75. The van der Waals surface area contributed by atoms with Crippen LogP contribution < -0.4 is 11.1 Å². The lowest BCUT2D eigenvalue weighted by atomic mass is 10.2. The number of nitrogens with two attached hydrogens (primary N) is 1. The van der Waals surface area contributed by atoms with E-state index in [0.717, 1.165) is 30.9 Å². The van der Waals surface area contributed by atoms with Crippen LogP contribution >= 0.6 is 0 Å². The van der Waals surface area contributed by atoms with Crippen molar-refractivity contribution in [3.63, 3.8) is 0 Å². The van der Waals surface area contributed by atoms with Crippen LogP contribution in [0, 0.1) is 0 Å². The van der Waals surface area contributed by atoms with Gasteiger partial charge in [-0.15, -0.1) is 0 Å². The molecule has 1 aliphatic rings. The number of amides is 1. The number of carbonyl (C=O) groups excluding carboxylic acids is 1. The number of nitrogen functional groups attached to an aromatic ring is 1. The number of benzene rings is 1. The van der Waals surface area contributed by atoms with Crippen LogP contribution in [0.3, 0.4) is 0 Å². The molecule has 0 spiro atoms. The predicted molar refractivity (Wildman–Crippen MR) is 87.8 cm³/mol. The van der Waals surface area contributed by atoms with Crippen LogP contribution in [0.2, 0.25) is 0 Å². The predicted octanol–water partition coefficient (Wildman–Crippen LogP) is 2.27. The molecule has 21 heavy (non-hydrogen) atoms. The van der Waals surface area contributed by atoms with Crippen LogP contribution in [-0.2, 0) is 4.79 Å². The zero-order valence-electron chi connectivity index (χ0n) is 12.6. The van der Waals surface area contributed by atoms with Crippen molar-refractivity contribution in [1.29, 1.82) is 0 Å². The Balaban J connectivity index is 1.68. The topological polar surface area (TPSA) is 58.4 Å². The molecule has 0 atom stereocenters. The monoisotopic (exact) mass is 287 g/mol. The Hall–Kier alpha value is -1.81. The van der Waals surface area contributed by atoms with E-state index in [1.54, 1.807) is 12.2 Å². The molecule has 0 aliphatic carbocycles. The van der Waals surface area contributed by atoms with Gasteiger partial charge in [-0.25, -0.2) is 0 Å². The van der Waals surface area contributed by atoms with Crippen molar-refractivity contribution in [3.8, 4) is 0 Å². The summed E-state index contributed by atoms with van der Waals surface area (Å²) >= 11 is 0.